The zero-order chi connectivity index (χ0) is 23.1. The highest BCUT2D eigenvalue weighted by molar-refractivity contribution is 6.01. The maximum atomic E-state index is 13.6. The summed E-state index contributed by atoms with van der Waals surface area (Å²) in [6.45, 7) is 7.66. The lowest BCUT2D eigenvalue weighted by atomic mass is 9.79. The molecule has 2 atom stereocenters. The van der Waals surface area contributed by atoms with E-state index in [-0.39, 0.29) is 23.9 Å². The van der Waals surface area contributed by atoms with Gasteiger partial charge in [0.15, 0.2) is 0 Å². The van der Waals surface area contributed by atoms with E-state index in [2.05, 4.69) is 34.7 Å². The van der Waals surface area contributed by atoms with Gasteiger partial charge in [-0.05, 0) is 61.6 Å². The van der Waals surface area contributed by atoms with E-state index in [1.165, 1.54) is 10.9 Å². The monoisotopic (exact) mass is 442 g/mol. The summed E-state index contributed by atoms with van der Waals surface area (Å²) in [5.74, 6) is -0.291. The number of aromatic amines is 1. The largest absolute Gasteiger partial charge is 0.361 e. The van der Waals surface area contributed by atoms with Crippen LogP contribution in [0.3, 0.4) is 0 Å². The van der Waals surface area contributed by atoms with Crippen LogP contribution in [0.15, 0.2) is 54.7 Å². The Morgan fingerprint density at radius 1 is 1.12 bits per heavy atom. The van der Waals surface area contributed by atoms with Crippen LogP contribution >= 0.6 is 0 Å². The number of nitrogens with one attached hydrogen (secondary N) is 2. The van der Waals surface area contributed by atoms with E-state index in [1.807, 2.05) is 60.9 Å². The van der Waals surface area contributed by atoms with E-state index in [4.69, 9.17) is 0 Å². The molecule has 2 heterocycles. The van der Waals surface area contributed by atoms with E-state index in [1.54, 1.807) is 0 Å². The summed E-state index contributed by atoms with van der Waals surface area (Å²) in [4.78, 5) is 34.1. The SMILES string of the molecule is CCN(CC)C(=O)[C@@H]1C=C2c3cccc4[nH]cc(c34)C[C@H]2N(C(=O)Nc2ccccc2C)C1. The average molecular weight is 443 g/mol. The number of hydrogen-bond donors (Lipinski definition) is 2. The summed E-state index contributed by atoms with van der Waals surface area (Å²) >= 11 is 0. The van der Waals surface area contributed by atoms with Gasteiger partial charge in [0.1, 0.15) is 0 Å². The number of benzene rings is 2. The number of carbonyl (C=O) groups is 2. The Kier molecular flexibility index (Phi) is 5.44. The number of rotatable bonds is 4. The standard InChI is InChI=1S/C27H30N4O2/c1-4-30(5-2)26(32)19-13-21-20-10-8-12-23-25(20)18(15-28-23)14-24(21)31(16-19)27(33)29-22-11-7-6-9-17(22)3/h6-13,15,19,24,28H,4-5,14,16H2,1-3H3,(H,29,33)/t19-,24-/m1/s1. The van der Waals surface area contributed by atoms with Gasteiger partial charge in [0.05, 0.1) is 12.0 Å². The van der Waals surface area contributed by atoms with Gasteiger partial charge in [0, 0.05) is 42.4 Å². The van der Waals surface area contributed by atoms with Crippen molar-refractivity contribution in [3.8, 4) is 0 Å². The second kappa shape index (κ2) is 8.43. The Balaban J connectivity index is 1.57. The molecule has 170 valence electrons. The van der Waals surface area contributed by atoms with Crippen LogP contribution < -0.4 is 5.32 Å². The molecule has 3 amide bonds. The molecule has 5 rings (SSSR count). The van der Waals surface area contributed by atoms with E-state index < -0.39 is 0 Å². The third-order valence-corrected chi connectivity index (χ3v) is 7.06. The summed E-state index contributed by atoms with van der Waals surface area (Å²) in [7, 11) is 0. The quantitative estimate of drug-likeness (QED) is 0.608. The molecule has 0 fully saturated rings. The Morgan fingerprint density at radius 2 is 1.91 bits per heavy atom. The van der Waals surface area contributed by atoms with Crippen LogP contribution in [0.2, 0.25) is 0 Å². The molecule has 0 bridgehead atoms. The lowest BCUT2D eigenvalue weighted by Gasteiger charge is -2.42. The Hall–Kier alpha value is -3.54. The Bertz CT molecular complexity index is 1250. The fourth-order valence-corrected chi connectivity index (χ4v) is 5.29. The minimum absolute atomic E-state index is 0.0756. The van der Waals surface area contributed by atoms with Crippen molar-refractivity contribution in [2.24, 2.45) is 5.92 Å². The molecule has 1 aliphatic carbocycles. The first-order valence-corrected chi connectivity index (χ1v) is 11.7. The molecule has 2 N–H and O–H groups in total. The van der Waals surface area contributed by atoms with Gasteiger partial charge in [-0.25, -0.2) is 4.79 Å². The second-order valence-corrected chi connectivity index (χ2v) is 8.90. The molecular formula is C27H30N4O2. The molecule has 3 aromatic rings. The first-order chi connectivity index (χ1) is 16.0. The molecule has 0 saturated heterocycles. The number of fused-ring (bicyclic) bond motifs is 2. The van der Waals surface area contributed by atoms with Gasteiger partial charge in [-0.3, -0.25) is 4.79 Å². The van der Waals surface area contributed by atoms with Crippen LogP contribution in [0.1, 0.15) is 30.5 Å². The molecule has 6 heteroatoms. The third-order valence-electron chi connectivity index (χ3n) is 7.06. The number of aryl methyl sites for hydroxylation is 1. The van der Waals surface area contributed by atoms with Crippen molar-refractivity contribution >= 4 is 34.1 Å². The summed E-state index contributed by atoms with van der Waals surface area (Å²) in [5, 5.41) is 4.30. The molecule has 2 aromatic carbocycles. The first kappa shape index (κ1) is 21.3. The van der Waals surface area contributed by atoms with Crippen molar-refractivity contribution in [3.05, 3.63) is 71.4 Å². The fraction of sp³-hybridized carbons (Fsp3) is 0.333. The molecule has 6 nitrogen and oxygen atoms in total. The van der Waals surface area contributed by atoms with Gasteiger partial charge in [-0.1, -0.05) is 36.4 Å². The van der Waals surface area contributed by atoms with Crippen molar-refractivity contribution in [2.75, 3.05) is 25.0 Å². The summed E-state index contributed by atoms with van der Waals surface area (Å²) in [6.07, 6.45) is 4.90. The minimum Gasteiger partial charge on any atom is -0.361 e. The average Bonchev–Trinajstić information content (AvgIpc) is 3.25. The third kappa shape index (κ3) is 3.59. The van der Waals surface area contributed by atoms with Gasteiger partial charge in [0.25, 0.3) is 0 Å². The van der Waals surface area contributed by atoms with Crippen molar-refractivity contribution < 1.29 is 9.59 Å². The van der Waals surface area contributed by atoms with E-state index in [0.29, 0.717) is 19.6 Å². The Morgan fingerprint density at radius 3 is 2.67 bits per heavy atom. The lowest BCUT2D eigenvalue weighted by Crippen LogP contribution is -2.52. The Labute approximate surface area is 194 Å². The number of urea groups is 1. The first-order valence-electron chi connectivity index (χ1n) is 11.7. The zero-order valence-corrected chi connectivity index (χ0v) is 19.4. The van der Waals surface area contributed by atoms with Crippen LogP contribution in [0.5, 0.6) is 0 Å². The number of amides is 3. The summed E-state index contributed by atoms with van der Waals surface area (Å²) in [5.41, 5.74) is 6.30. The van der Waals surface area contributed by atoms with E-state index >= 15 is 0 Å². The molecule has 0 unspecified atom stereocenters. The highest BCUT2D eigenvalue weighted by Gasteiger charge is 2.40. The van der Waals surface area contributed by atoms with Gasteiger partial charge in [-0.2, -0.15) is 0 Å². The van der Waals surface area contributed by atoms with Crippen molar-refractivity contribution in [3.63, 3.8) is 0 Å². The maximum Gasteiger partial charge on any atom is 0.322 e. The molecule has 2 aliphatic rings. The van der Waals surface area contributed by atoms with E-state index in [9.17, 15) is 9.59 Å². The molecule has 33 heavy (non-hydrogen) atoms. The predicted molar refractivity (Wildman–Crippen MR) is 132 cm³/mol. The molecule has 0 radical (unpaired) electrons. The number of nitrogens with zero attached hydrogens (tertiary/aromatic N) is 2. The zero-order valence-electron chi connectivity index (χ0n) is 19.4. The lowest BCUT2D eigenvalue weighted by molar-refractivity contribution is -0.134. The van der Waals surface area contributed by atoms with Crippen LogP contribution in [0.4, 0.5) is 10.5 Å². The maximum absolute atomic E-state index is 13.6. The number of para-hydroxylation sites is 1. The topological polar surface area (TPSA) is 68.4 Å². The number of anilines is 1. The highest BCUT2D eigenvalue weighted by atomic mass is 16.2. The molecule has 1 aromatic heterocycles. The molecule has 0 spiro atoms. The van der Waals surface area contributed by atoms with E-state index in [0.717, 1.165) is 34.3 Å². The summed E-state index contributed by atoms with van der Waals surface area (Å²) in [6, 6.07) is 13.7. The van der Waals surface area contributed by atoms with Gasteiger partial charge >= 0.3 is 6.03 Å². The van der Waals surface area contributed by atoms with Crippen molar-refractivity contribution in [1.29, 1.82) is 0 Å². The molecule has 1 aliphatic heterocycles. The van der Waals surface area contributed by atoms with Crippen LogP contribution in [0.25, 0.3) is 16.5 Å². The van der Waals surface area contributed by atoms with Crippen LogP contribution in [0, 0.1) is 12.8 Å². The second-order valence-electron chi connectivity index (χ2n) is 8.90. The van der Waals surface area contributed by atoms with Crippen molar-refractivity contribution in [1.82, 2.24) is 14.8 Å². The van der Waals surface area contributed by atoms with Gasteiger partial charge in [0.2, 0.25) is 5.91 Å². The molecular weight excluding hydrogens is 412 g/mol. The number of hydrogen-bond acceptors (Lipinski definition) is 2. The smallest absolute Gasteiger partial charge is 0.322 e. The van der Waals surface area contributed by atoms with Crippen LogP contribution in [-0.4, -0.2) is 52.4 Å². The number of H-pyrrole nitrogens is 1. The fourth-order valence-electron chi connectivity index (χ4n) is 5.29. The number of carbonyl (C=O) groups excluding carboxylic acids is 2. The highest BCUT2D eigenvalue weighted by Crippen LogP contribution is 2.41. The predicted octanol–water partition coefficient (Wildman–Crippen LogP) is 4.82. The number of aromatic nitrogens is 1. The van der Waals surface area contributed by atoms with Gasteiger partial charge < -0.3 is 20.1 Å². The van der Waals surface area contributed by atoms with Gasteiger partial charge in [-0.15, -0.1) is 0 Å². The molecule has 0 saturated carbocycles. The van der Waals surface area contributed by atoms with Crippen LogP contribution in [-0.2, 0) is 11.2 Å². The normalized spacial score (nSPS) is 19.1. The summed E-state index contributed by atoms with van der Waals surface area (Å²) < 4.78 is 0. The minimum atomic E-state index is -0.366. The van der Waals surface area contributed by atoms with Crippen molar-refractivity contribution in [2.45, 2.75) is 33.2 Å².